The highest BCUT2D eigenvalue weighted by atomic mass is 79.9. The van der Waals surface area contributed by atoms with Crippen LogP contribution in [0.4, 0.5) is 5.69 Å². The van der Waals surface area contributed by atoms with E-state index in [0.717, 1.165) is 6.42 Å². The Morgan fingerprint density at radius 1 is 1.18 bits per heavy atom. The molecule has 11 heteroatoms. The number of ether oxygens (including phenoxy) is 3. The molecule has 9 nitrogen and oxygen atoms in total. The van der Waals surface area contributed by atoms with Crippen LogP contribution in [-0.2, 0) is 19.1 Å². The van der Waals surface area contributed by atoms with Crippen LogP contribution in [0.3, 0.4) is 0 Å². The molecule has 5 rings (SSSR count). The van der Waals surface area contributed by atoms with Gasteiger partial charge in [0.15, 0.2) is 12.4 Å². The van der Waals surface area contributed by atoms with Gasteiger partial charge in [-0.3, -0.25) is 24.5 Å². The number of hydrogen-bond acceptors (Lipinski definition) is 8. The van der Waals surface area contributed by atoms with Crippen LogP contribution in [0.2, 0.25) is 5.02 Å². The number of nitro groups is 1. The van der Waals surface area contributed by atoms with E-state index in [1.54, 1.807) is 0 Å². The van der Waals surface area contributed by atoms with Crippen LogP contribution in [0.25, 0.3) is 0 Å². The molecule has 1 aliphatic heterocycles. The Morgan fingerprint density at radius 3 is 2.59 bits per heavy atom. The minimum atomic E-state index is -0.616. The fraction of sp³-hybridized carbons (Fsp3) is 0.348. The number of non-ortho nitro benzene ring substituents is 1. The van der Waals surface area contributed by atoms with E-state index >= 15 is 0 Å². The van der Waals surface area contributed by atoms with Gasteiger partial charge < -0.3 is 14.2 Å². The summed E-state index contributed by atoms with van der Waals surface area (Å²) in [5, 5.41) is 10.9. The SMILES string of the molecule is O=C(COC(=O)[C@@H]1[C@H]2C[C@H]3[C@H](OC(=O)[C@@H]31)[C@@H]2Br)c1ccc(Oc2ccc([N+](=O)[O-])cc2)c(Cl)c1. The number of nitro benzene ring substituents is 1. The van der Waals surface area contributed by atoms with Crippen LogP contribution >= 0.6 is 27.5 Å². The highest BCUT2D eigenvalue weighted by molar-refractivity contribution is 9.09. The summed E-state index contributed by atoms with van der Waals surface area (Å²) in [6.07, 6.45) is 0.526. The van der Waals surface area contributed by atoms with Crippen molar-refractivity contribution in [2.24, 2.45) is 23.7 Å². The smallest absolute Gasteiger partial charge is 0.310 e. The van der Waals surface area contributed by atoms with Crippen LogP contribution in [0.1, 0.15) is 16.8 Å². The van der Waals surface area contributed by atoms with Crippen molar-refractivity contribution in [2.75, 3.05) is 6.61 Å². The predicted molar refractivity (Wildman–Crippen MR) is 121 cm³/mol. The summed E-state index contributed by atoms with van der Waals surface area (Å²) in [5.74, 6) is -1.97. The van der Waals surface area contributed by atoms with E-state index in [0.29, 0.717) is 5.75 Å². The number of rotatable bonds is 7. The van der Waals surface area contributed by atoms with Gasteiger partial charge >= 0.3 is 11.9 Å². The maximum absolute atomic E-state index is 12.7. The Balaban J connectivity index is 1.21. The standard InChI is InChI=1S/C23H17BrClNO8/c24-20-13-8-14-19(23(29)34-21(14)20)18(13)22(28)32-9-16(27)10-1-6-17(15(25)7-10)33-12-4-2-11(3-5-12)26(30)31/h1-7,13-14,18-21H,8-9H2/t13-,14-,18-,19+,20-,21+/m1/s1. The number of ketones is 1. The largest absolute Gasteiger partial charge is 0.461 e. The molecule has 34 heavy (non-hydrogen) atoms. The molecule has 2 aromatic carbocycles. The molecule has 2 aliphatic carbocycles. The first-order chi connectivity index (χ1) is 16.2. The van der Waals surface area contributed by atoms with Crippen molar-refractivity contribution in [3.05, 3.63) is 63.2 Å². The summed E-state index contributed by atoms with van der Waals surface area (Å²) >= 11 is 9.78. The molecule has 3 aliphatic rings. The molecule has 0 amide bonds. The summed E-state index contributed by atoms with van der Waals surface area (Å²) in [6.45, 7) is -0.482. The number of alkyl halides is 1. The summed E-state index contributed by atoms with van der Waals surface area (Å²) in [7, 11) is 0. The van der Waals surface area contributed by atoms with Gasteiger partial charge in [-0.15, -0.1) is 0 Å². The van der Waals surface area contributed by atoms with Crippen molar-refractivity contribution >= 4 is 50.9 Å². The Labute approximate surface area is 206 Å². The quantitative estimate of drug-likeness (QED) is 0.164. The molecule has 1 heterocycles. The average Bonchev–Trinajstić information content (AvgIpc) is 3.43. The summed E-state index contributed by atoms with van der Waals surface area (Å²) in [5.41, 5.74) is 0.149. The zero-order valence-corrected chi connectivity index (χ0v) is 19.7. The summed E-state index contributed by atoms with van der Waals surface area (Å²) in [4.78, 5) is 47.7. The molecule has 2 bridgehead atoms. The zero-order chi connectivity index (χ0) is 24.1. The Morgan fingerprint density at radius 2 is 1.91 bits per heavy atom. The van der Waals surface area contributed by atoms with E-state index in [1.165, 1.54) is 42.5 Å². The molecular formula is C23H17BrClNO8. The number of Topliss-reactive ketones (excluding diaryl/α,β-unsaturated/α-hetero) is 1. The van der Waals surface area contributed by atoms with Crippen molar-refractivity contribution in [3.8, 4) is 11.5 Å². The molecule has 2 aromatic rings. The fourth-order valence-electron chi connectivity index (χ4n) is 5.13. The van der Waals surface area contributed by atoms with Crippen LogP contribution in [0.15, 0.2) is 42.5 Å². The first-order valence-electron chi connectivity index (χ1n) is 10.5. The Hall–Kier alpha value is -2.98. The summed E-state index contributed by atoms with van der Waals surface area (Å²) < 4.78 is 16.3. The first kappa shape index (κ1) is 22.8. The molecule has 1 saturated heterocycles. The van der Waals surface area contributed by atoms with Crippen molar-refractivity contribution in [1.82, 2.24) is 0 Å². The van der Waals surface area contributed by atoms with Crippen molar-refractivity contribution in [3.63, 3.8) is 0 Å². The van der Waals surface area contributed by atoms with Crippen LogP contribution in [-0.4, -0.2) is 40.2 Å². The molecule has 0 spiro atoms. The lowest BCUT2D eigenvalue weighted by Crippen LogP contribution is -2.39. The molecule has 6 atom stereocenters. The van der Waals surface area contributed by atoms with Gasteiger partial charge in [0.2, 0.25) is 0 Å². The minimum Gasteiger partial charge on any atom is -0.461 e. The zero-order valence-electron chi connectivity index (χ0n) is 17.4. The van der Waals surface area contributed by atoms with Crippen molar-refractivity contribution in [2.45, 2.75) is 17.4 Å². The fourth-order valence-corrected chi connectivity index (χ4v) is 6.39. The van der Waals surface area contributed by atoms with Crippen LogP contribution < -0.4 is 4.74 Å². The molecular weight excluding hydrogens is 534 g/mol. The van der Waals surface area contributed by atoms with Crippen molar-refractivity contribution in [1.29, 1.82) is 0 Å². The molecule has 0 unspecified atom stereocenters. The van der Waals surface area contributed by atoms with E-state index in [4.69, 9.17) is 25.8 Å². The van der Waals surface area contributed by atoms with Gasteiger partial charge in [0.05, 0.1) is 26.6 Å². The molecule has 0 radical (unpaired) electrons. The third-order valence-corrected chi connectivity index (χ3v) is 8.17. The third-order valence-electron chi connectivity index (χ3n) is 6.67. The second kappa shape index (κ2) is 8.66. The van der Waals surface area contributed by atoms with E-state index in [1.807, 2.05) is 0 Å². The predicted octanol–water partition coefficient (Wildman–Crippen LogP) is 4.34. The lowest BCUT2D eigenvalue weighted by Gasteiger charge is -2.26. The minimum absolute atomic E-state index is 0.0113. The number of halogens is 2. The number of benzene rings is 2. The van der Waals surface area contributed by atoms with Gasteiger partial charge in [-0.1, -0.05) is 27.5 Å². The number of esters is 2. The average molecular weight is 551 g/mol. The van der Waals surface area contributed by atoms with E-state index in [-0.39, 0.29) is 50.8 Å². The summed E-state index contributed by atoms with van der Waals surface area (Å²) in [6, 6.07) is 9.82. The molecule has 3 fully saturated rings. The first-order valence-corrected chi connectivity index (χ1v) is 11.8. The Bertz CT molecular complexity index is 1200. The number of fused-ring (bicyclic) bond motifs is 1. The second-order valence-electron chi connectivity index (χ2n) is 8.49. The van der Waals surface area contributed by atoms with Gasteiger partial charge in [0.1, 0.15) is 17.6 Å². The highest BCUT2D eigenvalue weighted by Gasteiger charge is 2.68. The van der Waals surface area contributed by atoms with Gasteiger partial charge in [-0.25, -0.2) is 0 Å². The molecule has 176 valence electrons. The number of hydrogen-bond donors (Lipinski definition) is 0. The normalized spacial score (nSPS) is 28.5. The maximum Gasteiger partial charge on any atom is 0.310 e. The lowest BCUT2D eigenvalue weighted by molar-refractivity contribution is -0.384. The van der Waals surface area contributed by atoms with Crippen LogP contribution in [0, 0.1) is 33.8 Å². The van der Waals surface area contributed by atoms with Crippen molar-refractivity contribution < 1.29 is 33.5 Å². The molecule has 0 N–H and O–H groups in total. The lowest BCUT2D eigenvalue weighted by atomic mass is 9.80. The van der Waals surface area contributed by atoms with Gasteiger partial charge in [0.25, 0.3) is 5.69 Å². The highest BCUT2D eigenvalue weighted by Crippen LogP contribution is 2.60. The number of nitrogens with zero attached hydrogens (tertiary/aromatic N) is 1. The van der Waals surface area contributed by atoms with E-state index in [2.05, 4.69) is 15.9 Å². The topological polar surface area (TPSA) is 122 Å². The van der Waals surface area contributed by atoms with Gasteiger partial charge in [0, 0.05) is 23.6 Å². The number of carbonyl (C=O) groups is 3. The molecule has 0 aromatic heterocycles. The number of carbonyl (C=O) groups excluding carboxylic acids is 3. The van der Waals surface area contributed by atoms with E-state index < -0.39 is 35.1 Å². The molecule has 2 saturated carbocycles. The second-order valence-corrected chi connectivity index (χ2v) is 9.95. The van der Waals surface area contributed by atoms with Crippen LogP contribution in [0.5, 0.6) is 11.5 Å². The Kier molecular flexibility index (Phi) is 5.81. The van der Waals surface area contributed by atoms with Gasteiger partial charge in [-0.2, -0.15) is 0 Å². The third kappa shape index (κ3) is 3.84. The monoisotopic (exact) mass is 549 g/mol. The maximum atomic E-state index is 12.7. The van der Waals surface area contributed by atoms with E-state index in [9.17, 15) is 24.5 Å². The van der Waals surface area contributed by atoms with Gasteiger partial charge in [-0.05, 0) is 42.7 Å².